The number of fused-ring (bicyclic) bond motifs is 7. The highest BCUT2D eigenvalue weighted by Crippen LogP contribution is 2.42. The van der Waals surface area contributed by atoms with E-state index in [1.54, 1.807) is 17.7 Å². The standard InChI is InChI=1S/C28H17N3S/c1-2-6-18(7-3-1)19-10-12-20(13-11-19)31-24-9-5-4-8-21(24)22-14-15-25-26(27(22)31)23-16-29-17-30-28(23)32-25/h1-17H. The number of nitrogens with zero attached hydrogens (tertiary/aromatic N) is 3. The fourth-order valence-electron chi connectivity index (χ4n) is 4.76. The van der Waals surface area contributed by atoms with Crippen molar-refractivity contribution in [2.24, 2.45) is 0 Å². The third-order valence-corrected chi connectivity index (χ3v) is 7.26. The van der Waals surface area contributed by atoms with E-state index < -0.39 is 0 Å². The van der Waals surface area contributed by atoms with Crippen molar-refractivity contribution in [3.63, 3.8) is 0 Å². The van der Waals surface area contributed by atoms with Crippen molar-refractivity contribution >= 4 is 53.4 Å². The van der Waals surface area contributed by atoms with Crippen LogP contribution in [0.2, 0.25) is 0 Å². The van der Waals surface area contributed by atoms with E-state index in [1.807, 2.05) is 6.20 Å². The zero-order valence-corrected chi connectivity index (χ0v) is 17.9. The molecule has 0 saturated carbocycles. The van der Waals surface area contributed by atoms with Gasteiger partial charge in [0.1, 0.15) is 11.2 Å². The summed E-state index contributed by atoms with van der Waals surface area (Å²) in [6.45, 7) is 0. The number of hydrogen-bond donors (Lipinski definition) is 0. The molecule has 3 heterocycles. The van der Waals surface area contributed by atoms with E-state index >= 15 is 0 Å². The maximum atomic E-state index is 4.52. The Morgan fingerprint density at radius 2 is 1.44 bits per heavy atom. The SMILES string of the molecule is c1ccc(-c2ccc(-n3c4ccccc4c4ccc5sc6ncncc6c5c43)cc2)cc1. The lowest BCUT2D eigenvalue weighted by molar-refractivity contribution is 1.19. The van der Waals surface area contributed by atoms with Crippen molar-refractivity contribution in [3.8, 4) is 16.8 Å². The second-order valence-corrected chi connectivity index (χ2v) is 8.97. The molecule has 0 aliphatic heterocycles. The minimum absolute atomic E-state index is 1.03. The Morgan fingerprint density at radius 3 is 2.31 bits per heavy atom. The molecule has 150 valence electrons. The van der Waals surface area contributed by atoms with Crippen LogP contribution in [-0.4, -0.2) is 14.5 Å². The predicted molar refractivity (Wildman–Crippen MR) is 135 cm³/mol. The minimum Gasteiger partial charge on any atom is -0.309 e. The van der Waals surface area contributed by atoms with Gasteiger partial charge in [-0.15, -0.1) is 11.3 Å². The first kappa shape index (κ1) is 17.6. The minimum atomic E-state index is 1.03. The first-order chi connectivity index (χ1) is 15.9. The van der Waals surface area contributed by atoms with Crippen LogP contribution < -0.4 is 0 Å². The molecule has 0 bridgehead atoms. The van der Waals surface area contributed by atoms with E-state index in [0.29, 0.717) is 0 Å². The third kappa shape index (κ3) is 2.47. The van der Waals surface area contributed by atoms with Gasteiger partial charge < -0.3 is 4.57 Å². The maximum Gasteiger partial charge on any atom is 0.127 e. The second-order valence-electron chi connectivity index (χ2n) is 7.94. The molecule has 0 N–H and O–H groups in total. The molecule has 4 heteroatoms. The molecule has 0 atom stereocenters. The summed E-state index contributed by atoms with van der Waals surface area (Å²) in [7, 11) is 0. The van der Waals surface area contributed by atoms with Gasteiger partial charge in [-0.25, -0.2) is 9.97 Å². The van der Waals surface area contributed by atoms with Crippen molar-refractivity contribution in [1.82, 2.24) is 14.5 Å². The highest BCUT2D eigenvalue weighted by molar-refractivity contribution is 7.25. The summed E-state index contributed by atoms with van der Waals surface area (Å²) < 4.78 is 3.62. The topological polar surface area (TPSA) is 30.7 Å². The summed E-state index contributed by atoms with van der Waals surface area (Å²) >= 11 is 1.73. The average Bonchev–Trinajstić information content (AvgIpc) is 3.40. The van der Waals surface area contributed by atoms with Crippen LogP contribution in [-0.2, 0) is 0 Å². The number of aromatic nitrogens is 3. The van der Waals surface area contributed by atoms with Crippen molar-refractivity contribution in [2.75, 3.05) is 0 Å². The van der Waals surface area contributed by atoms with Gasteiger partial charge in [0.05, 0.1) is 11.0 Å². The van der Waals surface area contributed by atoms with Crippen LogP contribution in [0.5, 0.6) is 0 Å². The second kappa shape index (κ2) is 6.74. The van der Waals surface area contributed by atoms with E-state index in [4.69, 9.17) is 0 Å². The Kier molecular flexibility index (Phi) is 3.72. The number of rotatable bonds is 2. The quantitative estimate of drug-likeness (QED) is 0.284. The smallest absolute Gasteiger partial charge is 0.127 e. The summed E-state index contributed by atoms with van der Waals surface area (Å²) in [5.41, 5.74) is 6.02. The van der Waals surface area contributed by atoms with Crippen LogP contribution in [0.1, 0.15) is 0 Å². The van der Waals surface area contributed by atoms with Gasteiger partial charge in [-0.2, -0.15) is 0 Å². The fourth-order valence-corrected chi connectivity index (χ4v) is 5.78. The van der Waals surface area contributed by atoms with Gasteiger partial charge in [0.2, 0.25) is 0 Å². The fraction of sp³-hybridized carbons (Fsp3) is 0. The van der Waals surface area contributed by atoms with Gasteiger partial charge in [-0.3, -0.25) is 0 Å². The van der Waals surface area contributed by atoms with E-state index in [9.17, 15) is 0 Å². The molecule has 0 aliphatic rings. The molecule has 4 aromatic carbocycles. The lowest BCUT2D eigenvalue weighted by Crippen LogP contribution is -1.94. The molecule has 3 nitrogen and oxygen atoms in total. The van der Waals surface area contributed by atoms with Crippen LogP contribution in [0, 0.1) is 0 Å². The predicted octanol–water partition coefficient (Wildman–Crippen LogP) is 7.61. The molecule has 0 fully saturated rings. The van der Waals surface area contributed by atoms with Crippen LogP contribution in [0.4, 0.5) is 0 Å². The first-order valence-electron chi connectivity index (χ1n) is 10.6. The monoisotopic (exact) mass is 427 g/mol. The van der Waals surface area contributed by atoms with E-state index in [1.165, 1.54) is 43.0 Å². The highest BCUT2D eigenvalue weighted by Gasteiger charge is 2.18. The van der Waals surface area contributed by atoms with Crippen LogP contribution >= 0.6 is 11.3 Å². The summed E-state index contributed by atoms with van der Waals surface area (Å²) in [5, 5.41) is 4.85. The Bertz CT molecular complexity index is 1760. The average molecular weight is 428 g/mol. The number of para-hydroxylation sites is 1. The molecule has 0 radical (unpaired) electrons. The van der Waals surface area contributed by atoms with Crippen molar-refractivity contribution in [2.45, 2.75) is 0 Å². The molecule has 7 rings (SSSR count). The molecular weight excluding hydrogens is 410 g/mol. The van der Waals surface area contributed by atoms with Crippen molar-refractivity contribution < 1.29 is 0 Å². The summed E-state index contributed by atoms with van der Waals surface area (Å²) in [4.78, 5) is 9.88. The van der Waals surface area contributed by atoms with Crippen LogP contribution in [0.3, 0.4) is 0 Å². The van der Waals surface area contributed by atoms with E-state index in [-0.39, 0.29) is 0 Å². The molecule has 0 saturated heterocycles. The van der Waals surface area contributed by atoms with Gasteiger partial charge in [-0.1, -0.05) is 66.7 Å². The lowest BCUT2D eigenvalue weighted by atomic mass is 10.1. The first-order valence-corrected chi connectivity index (χ1v) is 11.4. The molecule has 0 aliphatic carbocycles. The zero-order valence-electron chi connectivity index (χ0n) is 17.1. The highest BCUT2D eigenvalue weighted by atomic mass is 32.1. The molecule has 0 unspecified atom stereocenters. The Balaban J connectivity index is 1.59. The Hall–Kier alpha value is -4.02. The van der Waals surface area contributed by atoms with Gasteiger partial charge in [0.15, 0.2) is 0 Å². The zero-order chi connectivity index (χ0) is 21.1. The molecule has 0 amide bonds. The third-order valence-electron chi connectivity index (χ3n) is 6.18. The molecular formula is C28H17N3S. The van der Waals surface area contributed by atoms with Gasteiger partial charge in [0, 0.05) is 38.1 Å². The molecule has 32 heavy (non-hydrogen) atoms. The number of benzene rings is 4. The molecule has 3 aromatic heterocycles. The molecule has 7 aromatic rings. The summed E-state index contributed by atoms with van der Waals surface area (Å²) in [6.07, 6.45) is 3.58. The number of thiophene rings is 1. The maximum absolute atomic E-state index is 4.52. The van der Waals surface area contributed by atoms with Gasteiger partial charge in [-0.05, 0) is 35.4 Å². The Labute approximate surface area is 188 Å². The normalized spacial score (nSPS) is 11.8. The largest absolute Gasteiger partial charge is 0.309 e. The van der Waals surface area contributed by atoms with Crippen molar-refractivity contribution in [3.05, 3.63) is 104 Å². The van der Waals surface area contributed by atoms with E-state index in [0.717, 1.165) is 15.9 Å². The van der Waals surface area contributed by atoms with Crippen molar-refractivity contribution in [1.29, 1.82) is 0 Å². The van der Waals surface area contributed by atoms with Gasteiger partial charge >= 0.3 is 0 Å². The summed E-state index contributed by atoms with van der Waals surface area (Å²) in [5.74, 6) is 0. The van der Waals surface area contributed by atoms with Gasteiger partial charge in [0.25, 0.3) is 0 Å². The Morgan fingerprint density at radius 1 is 0.656 bits per heavy atom. The van der Waals surface area contributed by atoms with Crippen LogP contribution in [0.25, 0.3) is 58.9 Å². The summed E-state index contributed by atoms with van der Waals surface area (Å²) in [6, 6.07) is 32.5. The number of hydrogen-bond acceptors (Lipinski definition) is 3. The van der Waals surface area contributed by atoms with Crippen LogP contribution in [0.15, 0.2) is 104 Å². The molecule has 0 spiro atoms. The lowest BCUT2D eigenvalue weighted by Gasteiger charge is -2.10. The van der Waals surface area contributed by atoms with E-state index in [2.05, 4.69) is 106 Å².